The summed E-state index contributed by atoms with van der Waals surface area (Å²) in [5, 5.41) is 0. The van der Waals surface area contributed by atoms with E-state index in [1.807, 2.05) is 31.2 Å². The average molecular weight is 323 g/mol. The lowest BCUT2D eigenvalue weighted by atomic mass is 10.3. The van der Waals surface area contributed by atoms with Gasteiger partial charge in [0.2, 0.25) is 0 Å². The Labute approximate surface area is 118 Å². The van der Waals surface area contributed by atoms with E-state index < -0.39 is 0 Å². The molecule has 92 valence electrons. The van der Waals surface area contributed by atoms with Crippen molar-refractivity contribution in [3.8, 4) is 0 Å². The van der Waals surface area contributed by atoms with Gasteiger partial charge in [-0.25, -0.2) is 9.97 Å². The Kier molecular flexibility index (Phi) is 4.49. The summed E-state index contributed by atoms with van der Waals surface area (Å²) in [7, 11) is 0. The summed E-state index contributed by atoms with van der Waals surface area (Å²) in [5.74, 6) is 1.33. The Hall–Kier alpha value is -1.20. The van der Waals surface area contributed by atoms with Gasteiger partial charge in [0.05, 0.1) is 5.75 Å². The minimum Gasteiger partial charge on any atom is -0.296 e. The summed E-state index contributed by atoms with van der Waals surface area (Å²) in [6.07, 6.45) is 0.752. The van der Waals surface area contributed by atoms with Crippen molar-refractivity contribution < 1.29 is 4.79 Å². The number of aryl methyl sites for hydroxylation is 1. The number of thioether (sulfide) groups is 1. The van der Waals surface area contributed by atoms with Crippen LogP contribution >= 0.6 is 27.7 Å². The number of rotatable bonds is 4. The van der Waals surface area contributed by atoms with Crippen LogP contribution in [0.2, 0.25) is 0 Å². The number of carbonyl (C=O) groups excluding carboxylic acids is 1. The van der Waals surface area contributed by atoms with E-state index in [1.165, 1.54) is 0 Å². The summed E-state index contributed by atoms with van der Waals surface area (Å²) < 4.78 is 1.05. The Morgan fingerprint density at radius 1 is 1.33 bits per heavy atom. The Morgan fingerprint density at radius 3 is 2.89 bits per heavy atom. The first-order valence-electron chi connectivity index (χ1n) is 5.35. The number of hydrogen-bond donors (Lipinski definition) is 0. The molecule has 3 nitrogen and oxygen atoms in total. The van der Waals surface area contributed by atoms with Crippen molar-refractivity contribution in [1.29, 1.82) is 0 Å². The topological polar surface area (TPSA) is 42.9 Å². The average Bonchev–Trinajstić information content (AvgIpc) is 2.36. The highest BCUT2D eigenvalue weighted by molar-refractivity contribution is 9.10. The largest absolute Gasteiger partial charge is 0.296 e. The highest BCUT2D eigenvalue weighted by atomic mass is 79.9. The Balaban J connectivity index is 2.10. The number of halogens is 1. The van der Waals surface area contributed by atoms with Crippen LogP contribution in [0.25, 0.3) is 0 Å². The number of benzene rings is 1. The first-order valence-corrected chi connectivity index (χ1v) is 7.13. The second-order valence-corrected chi connectivity index (χ2v) is 5.68. The van der Waals surface area contributed by atoms with Crippen LogP contribution in [0.1, 0.15) is 22.0 Å². The molecule has 0 radical (unpaired) electrons. The molecule has 2 rings (SSSR count). The van der Waals surface area contributed by atoms with Gasteiger partial charge in [0.1, 0.15) is 11.5 Å². The predicted molar refractivity (Wildman–Crippen MR) is 75.9 cm³/mol. The third kappa shape index (κ3) is 3.65. The molecule has 0 spiro atoms. The third-order valence-corrected chi connectivity index (χ3v) is 3.69. The van der Waals surface area contributed by atoms with Crippen molar-refractivity contribution in [2.45, 2.75) is 17.6 Å². The normalized spacial score (nSPS) is 10.3. The fourth-order valence-corrected chi connectivity index (χ4v) is 2.85. The van der Waals surface area contributed by atoms with Gasteiger partial charge in [-0.2, -0.15) is 0 Å². The van der Waals surface area contributed by atoms with E-state index in [2.05, 4.69) is 25.9 Å². The minimum absolute atomic E-state index is 0.437. The molecule has 18 heavy (non-hydrogen) atoms. The molecule has 0 saturated heterocycles. The molecule has 0 aliphatic carbocycles. The third-order valence-electron chi connectivity index (χ3n) is 2.21. The maximum absolute atomic E-state index is 10.7. The zero-order valence-electron chi connectivity index (χ0n) is 9.76. The van der Waals surface area contributed by atoms with Crippen LogP contribution in [0.5, 0.6) is 0 Å². The van der Waals surface area contributed by atoms with Crippen LogP contribution in [0.4, 0.5) is 0 Å². The second-order valence-electron chi connectivity index (χ2n) is 3.71. The highest BCUT2D eigenvalue weighted by Crippen LogP contribution is 2.24. The van der Waals surface area contributed by atoms with E-state index in [0.717, 1.165) is 21.3 Å². The molecule has 0 amide bonds. The number of aldehydes is 1. The smallest absolute Gasteiger partial charge is 0.168 e. The van der Waals surface area contributed by atoms with E-state index in [0.29, 0.717) is 17.3 Å². The minimum atomic E-state index is 0.437. The maximum Gasteiger partial charge on any atom is 0.168 e. The van der Waals surface area contributed by atoms with Gasteiger partial charge in [-0.05, 0) is 31.2 Å². The lowest BCUT2D eigenvalue weighted by molar-refractivity contribution is 0.111. The SMILES string of the molecule is Cc1cc(C=O)nc(CSc2cccc(Br)c2)n1. The zero-order valence-corrected chi connectivity index (χ0v) is 12.2. The summed E-state index contributed by atoms with van der Waals surface area (Å²) in [5.41, 5.74) is 1.25. The lowest BCUT2D eigenvalue weighted by Gasteiger charge is -2.03. The molecule has 0 saturated carbocycles. The van der Waals surface area contributed by atoms with Gasteiger partial charge in [-0.3, -0.25) is 4.79 Å². The van der Waals surface area contributed by atoms with Gasteiger partial charge >= 0.3 is 0 Å². The molecule has 5 heteroatoms. The molecule has 0 bridgehead atoms. The van der Waals surface area contributed by atoms with Crippen LogP contribution in [-0.2, 0) is 5.75 Å². The standard InChI is InChI=1S/C13H11BrN2OS/c1-9-5-11(7-17)16-13(15-9)8-18-12-4-2-3-10(14)6-12/h2-7H,8H2,1H3. The summed E-state index contributed by atoms with van der Waals surface area (Å²) in [6.45, 7) is 1.86. The van der Waals surface area contributed by atoms with Gasteiger partial charge in [0.15, 0.2) is 6.29 Å². The van der Waals surface area contributed by atoms with E-state index in [-0.39, 0.29) is 0 Å². The van der Waals surface area contributed by atoms with Gasteiger partial charge in [-0.15, -0.1) is 11.8 Å². The quantitative estimate of drug-likeness (QED) is 0.636. The fourth-order valence-electron chi connectivity index (χ4n) is 1.49. The van der Waals surface area contributed by atoms with Crippen LogP contribution in [-0.4, -0.2) is 16.3 Å². The number of aromatic nitrogens is 2. The van der Waals surface area contributed by atoms with Crippen molar-refractivity contribution in [3.63, 3.8) is 0 Å². The van der Waals surface area contributed by atoms with Gasteiger partial charge < -0.3 is 0 Å². The summed E-state index contributed by atoms with van der Waals surface area (Å²) in [6, 6.07) is 9.73. The molecular weight excluding hydrogens is 312 g/mol. The lowest BCUT2D eigenvalue weighted by Crippen LogP contribution is -1.99. The number of hydrogen-bond acceptors (Lipinski definition) is 4. The highest BCUT2D eigenvalue weighted by Gasteiger charge is 2.03. The molecule has 0 fully saturated rings. The van der Waals surface area contributed by atoms with E-state index >= 15 is 0 Å². The molecule has 0 unspecified atom stereocenters. The molecule has 1 aromatic carbocycles. The first kappa shape index (κ1) is 13.2. The monoisotopic (exact) mass is 322 g/mol. The first-order chi connectivity index (χ1) is 8.67. The Morgan fingerprint density at radius 2 is 2.17 bits per heavy atom. The molecule has 2 aromatic rings. The van der Waals surface area contributed by atoms with Crippen LogP contribution in [0.15, 0.2) is 39.7 Å². The van der Waals surface area contributed by atoms with Crippen molar-refractivity contribution in [3.05, 3.63) is 52.0 Å². The number of nitrogens with zero attached hydrogens (tertiary/aromatic N) is 2. The molecule has 1 aromatic heterocycles. The van der Waals surface area contributed by atoms with Crippen LogP contribution < -0.4 is 0 Å². The number of carbonyl (C=O) groups is 1. The van der Waals surface area contributed by atoms with E-state index in [4.69, 9.17) is 0 Å². The molecule has 0 N–H and O–H groups in total. The predicted octanol–water partition coefficient (Wildman–Crippen LogP) is 3.65. The fraction of sp³-hybridized carbons (Fsp3) is 0.154. The van der Waals surface area contributed by atoms with Crippen molar-refractivity contribution in [2.24, 2.45) is 0 Å². The molecule has 1 heterocycles. The van der Waals surface area contributed by atoms with Gasteiger partial charge in [0, 0.05) is 15.1 Å². The molecular formula is C13H11BrN2OS. The molecule has 0 aliphatic rings. The Bertz CT molecular complexity index is 575. The van der Waals surface area contributed by atoms with Crippen molar-refractivity contribution in [1.82, 2.24) is 9.97 Å². The summed E-state index contributed by atoms with van der Waals surface area (Å²) in [4.78, 5) is 20.4. The molecule has 0 atom stereocenters. The van der Waals surface area contributed by atoms with Crippen molar-refractivity contribution >= 4 is 34.0 Å². The van der Waals surface area contributed by atoms with E-state index in [1.54, 1.807) is 17.8 Å². The second kappa shape index (κ2) is 6.11. The van der Waals surface area contributed by atoms with Gasteiger partial charge in [-0.1, -0.05) is 22.0 Å². The van der Waals surface area contributed by atoms with Crippen LogP contribution in [0, 0.1) is 6.92 Å². The van der Waals surface area contributed by atoms with E-state index in [9.17, 15) is 4.79 Å². The zero-order chi connectivity index (χ0) is 13.0. The van der Waals surface area contributed by atoms with Crippen LogP contribution in [0.3, 0.4) is 0 Å². The molecule has 0 aliphatic heterocycles. The summed E-state index contributed by atoms with van der Waals surface area (Å²) >= 11 is 5.08. The maximum atomic E-state index is 10.7. The van der Waals surface area contributed by atoms with Crippen molar-refractivity contribution in [2.75, 3.05) is 0 Å². The van der Waals surface area contributed by atoms with Gasteiger partial charge in [0.25, 0.3) is 0 Å².